The second-order valence-corrected chi connectivity index (χ2v) is 4.76. The summed E-state index contributed by atoms with van der Waals surface area (Å²) < 4.78 is 0. The lowest BCUT2D eigenvalue weighted by atomic mass is 9.96. The number of aromatic amines is 1. The molecule has 0 amide bonds. The summed E-state index contributed by atoms with van der Waals surface area (Å²) in [6, 6.07) is 19.4. The Hall–Kier alpha value is -2.61. The van der Waals surface area contributed by atoms with E-state index in [0.717, 1.165) is 22.4 Å². The van der Waals surface area contributed by atoms with E-state index in [-0.39, 0.29) is 5.78 Å². The molecule has 0 atom stereocenters. The van der Waals surface area contributed by atoms with Crippen molar-refractivity contribution in [3.63, 3.8) is 0 Å². The molecule has 0 spiro atoms. The zero-order valence-corrected chi connectivity index (χ0v) is 11.3. The van der Waals surface area contributed by atoms with Gasteiger partial charge in [0.1, 0.15) is 0 Å². The lowest BCUT2D eigenvalue weighted by Crippen LogP contribution is -2.03. The van der Waals surface area contributed by atoms with Gasteiger partial charge in [-0.15, -0.1) is 0 Å². The fourth-order valence-corrected chi connectivity index (χ4v) is 2.40. The maximum Gasteiger partial charge on any atom is 0.195 e. The summed E-state index contributed by atoms with van der Waals surface area (Å²) in [7, 11) is 0. The third kappa shape index (κ3) is 2.16. The molecule has 0 fully saturated rings. The Morgan fingerprint density at radius 1 is 0.900 bits per heavy atom. The minimum atomic E-state index is 0.0585. The molecule has 3 rings (SSSR count). The van der Waals surface area contributed by atoms with Crippen LogP contribution in [0.15, 0.2) is 66.9 Å². The highest BCUT2D eigenvalue weighted by molar-refractivity contribution is 6.13. The van der Waals surface area contributed by atoms with Gasteiger partial charge in [-0.25, -0.2) is 0 Å². The van der Waals surface area contributed by atoms with Crippen molar-refractivity contribution in [1.29, 1.82) is 0 Å². The smallest absolute Gasteiger partial charge is 0.195 e. The van der Waals surface area contributed by atoms with Gasteiger partial charge in [0.15, 0.2) is 5.78 Å². The molecule has 0 saturated carbocycles. The second kappa shape index (κ2) is 5.17. The third-order valence-corrected chi connectivity index (χ3v) is 3.43. The van der Waals surface area contributed by atoms with Gasteiger partial charge in [0.2, 0.25) is 0 Å². The quantitative estimate of drug-likeness (QED) is 0.703. The van der Waals surface area contributed by atoms with Crippen molar-refractivity contribution < 1.29 is 4.79 Å². The maximum atomic E-state index is 12.7. The number of ketones is 1. The van der Waals surface area contributed by atoms with E-state index < -0.39 is 0 Å². The fraction of sp³-hybridized carbons (Fsp3) is 0.0556. The number of rotatable bonds is 3. The lowest BCUT2D eigenvalue weighted by Gasteiger charge is -2.05. The summed E-state index contributed by atoms with van der Waals surface area (Å²) in [6.07, 6.45) is 1.90. The molecule has 98 valence electrons. The minimum Gasteiger partial charge on any atom is -0.364 e. The Morgan fingerprint density at radius 2 is 1.50 bits per heavy atom. The molecule has 1 N–H and O–H groups in total. The summed E-state index contributed by atoms with van der Waals surface area (Å²) in [5, 5.41) is 0. The average molecular weight is 261 g/mol. The van der Waals surface area contributed by atoms with Gasteiger partial charge in [0.05, 0.1) is 5.56 Å². The van der Waals surface area contributed by atoms with Crippen molar-refractivity contribution in [1.82, 2.24) is 4.98 Å². The van der Waals surface area contributed by atoms with Gasteiger partial charge in [-0.3, -0.25) is 4.79 Å². The van der Waals surface area contributed by atoms with E-state index in [1.165, 1.54) is 0 Å². The largest absolute Gasteiger partial charge is 0.364 e. The van der Waals surface area contributed by atoms with Crippen LogP contribution >= 0.6 is 0 Å². The van der Waals surface area contributed by atoms with Crippen LogP contribution < -0.4 is 0 Å². The summed E-state index contributed by atoms with van der Waals surface area (Å²) in [4.78, 5) is 15.9. The Balaban J connectivity index is 2.11. The van der Waals surface area contributed by atoms with Crippen LogP contribution in [0.1, 0.15) is 21.6 Å². The molecule has 0 aliphatic rings. The number of aromatic nitrogens is 1. The highest BCUT2D eigenvalue weighted by atomic mass is 16.1. The zero-order chi connectivity index (χ0) is 13.9. The van der Waals surface area contributed by atoms with E-state index >= 15 is 0 Å². The van der Waals surface area contributed by atoms with Crippen molar-refractivity contribution >= 4 is 5.78 Å². The third-order valence-electron chi connectivity index (χ3n) is 3.43. The Morgan fingerprint density at radius 3 is 2.15 bits per heavy atom. The predicted octanol–water partition coefficient (Wildman–Crippen LogP) is 4.22. The van der Waals surface area contributed by atoms with Crippen molar-refractivity contribution in [2.75, 3.05) is 0 Å². The lowest BCUT2D eigenvalue weighted by molar-refractivity contribution is 0.103. The first kappa shape index (κ1) is 12.4. The van der Waals surface area contributed by atoms with Gasteiger partial charge in [-0.05, 0) is 12.5 Å². The number of benzene rings is 2. The molecule has 1 heterocycles. The SMILES string of the molecule is Cc1[nH]cc(-c2ccccc2)c1C(=O)c1ccccc1. The summed E-state index contributed by atoms with van der Waals surface area (Å²) in [6.45, 7) is 1.93. The van der Waals surface area contributed by atoms with Crippen molar-refractivity contribution in [3.05, 3.63) is 83.7 Å². The minimum absolute atomic E-state index is 0.0585. The number of hydrogen-bond donors (Lipinski definition) is 1. The topological polar surface area (TPSA) is 32.9 Å². The Bertz CT molecular complexity index is 727. The number of carbonyl (C=O) groups is 1. The Labute approximate surface area is 118 Å². The van der Waals surface area contributed by atoms with Crippen LogP contribution in [0, 0.1) is 6.92 Å². The van der Waals surface area contributed by atoms with E-state index in [4.69, 9.17) is 0 Å². The molecule has 3 aromatic rings. The molecule has 0 saturated heterocycles. The van der Waals surface area contributed by atoms with Gasteiger partial charge in [0.25, 0.3) is 0 Å². The summed E-state index contributed by atoms with van der Waals surface area (Å²) in [5.41, 5.74) is 4.38. The molecule has 20 heavy (non-hydrogen) atoms. The number of H-pyrrole nitrogens is 1. The standard InChI is InChI=1S/C18H15NO/c1-13-17(18(20)15-10-6-3-7-11-15)16(12-19-13)14-8-4-2-5-9-14/h2-12,19H,1H3. The first-order chi connectivity index (χ1) is 9.77. The highest BCUT2D eigenvalue weighted by Gasteiger charge is 2.18. The number of nitrogens with one attached hydrogen (secondary N) is 1. The van der Waals surface area contributed by atoms with Gasteiger partial charge < -0.3 is 4.98 Å². The molecule has 0 aliphatic heterocycles. The molecule has 1 aromatic heterocycles. The normalized spacial score (nSPS) is 10.4. The van der Waals surface area contributed by atoms with Gasteiger partial charge in [0, 0.05) is 23.0 Å². The van der Waals surface area contributed by atoms with Gasteiger partial charge in [-0.2, -0.15) is 0 Å². The van der Waals surface area contributed by atoms with Crippen molar-refractivity contribution in [2.24, 2.45) is 0 Å². The molecule has 2 heteroatoms. The predicted molar refractivity (Wildman–Crippen MR) is 80.8 cm³/mol. The molecular weight excluding hydrogens is 246 g/mol. The summed E-state index contributed by atoms with van der Waals surface area (Å²) >= 11 is 0. The molecule has 2 aromatic carbocycles. The molecule has 2 nitrogen and oxygen atoms in total. The summed E-state index contributed by atoms with van der Waals surface area (Å²) in [5.74, 6) is 0.0585. The van der Waals surface area contributed by atoms with Crippen LogP contribution in [0.5, 0.6) is 0 Å². The molecule has 0 unspecified atom stereocenters. The fourth-order valence-electron chi connectivity index (χ4n) is 2.40. The van der Waals surface area contributed by atoms with E-state index in [1.54, 1.807) is 0 Å². The Kier molecular flexibility index (Phi) is 3.21. The molecular formula is C18H15NO. The van der Waals surface area contributed by atoms with E-state index in [0.29, 0.717) is 5.56 Å². The van der Waals surface area contributed by atoms with Crippen LogP contribution in [0.2, 0.25) is 0 Å². The number of carbonyl (C=O) groups excluding carboxylic acids is 1. The van der Waals surface area contributed by atoms with Gasteiger partial charge >= 0.3 is 0 Å². The number of aryl methyl sites for hydroxylation is 1. The van der Waals surface area contributed by atoms with Crippen LogP contribution in [-0.4, -0.2) is 10.8 Å². The van der Waals surface area contributed by atoms with Gasteiger partial charge in [-0.1, -0.05) is 60.7 Å². The van der Waals surface area contributed by atoms with Crippen LogP contribution in [0.3, 0.4) is 0 Å². The molecule has 0 aliphatic carbocycles. The van der Waals surface area contributed by atoms with E-state index in [9.17, 15) is 4.79 Å². The van der Waals surface area contributed by atoms with E-state index in [2.05, 4.69) is 4.98 Å². The van der Waals surface area contributed by atoms with E-state index in [1.807, 2.05) is 73.8 Å². The highest BCUT2D eigenvalue weighted by Crippen LogP contribution is 2.28. The van der Waals surface area contributed by atoms with Crippen LogP contribution in [-0.2, 0) is 0 Å². The second-order valence-electron chi connectivity index (χ2n) is 4.76. The first-order valence-corrected chi connectivity index (χ1v) is 6.60. The average Bonchev–Trinajstić information content (AvgIpc) is 2.90. The van der Waals surface area contributed by atoms with Crippen molar-refractivity contribution in [2.45, 2.75) is 6.92 Å². The monoisotopic (exact) mass is 261 g/mol. The van der Waals surface area contributed by atoms with Crippen LogP contribution in [0.25, 0.3) is 11.1 Å². The number of hydrogen-bond acceptors (Lipinski definition) is 1. The first-order valence-electron chi connectivity index (χ1n) is 6.60. The molecule has 0 radical (unpaired) electrons. The zero-order valence-electron chi connectivity index (χ0n) is 11.3. The van der Waals surface area contributed by atoms with Crippen LogP contribution in [0.4, 0.5) is 0 Å². The van der Waals surface area contributed by atoms with Crippen molar-refractivity contribution in [3.8, 4) is 11.1 Å². The molecule has 0 bridgehead atoms. The maximum absolute atomic E-state index is 12.7.